The summed E-state index contributed by atoms with van der Waals surface area (Å²) in [7, 11) is 3.14. The minimum absolute atomic E-state index is 0.257. The lowest BCUT2D eigenvalue weighted by Gasteiger charge is -2.06. The van der Waals surface area contributed by atoms with E-state index in [0.717, 1.165) is 11.3 Å². The average Bonchev–Trinajstić information content (AvgIpc) is 3.00. The van der Waals surface area contributed by atoms with Crippen molar-refractivity contribution in [2.75, 3.05) is 7.11 Å². The minimum atomic E-state index is -0.509. The fourth-order valence-electron chi connectivity index (χ4n) is 2.18. The van der Waals surface area contributed by atoms with Gasteiger partial charge in [-0.15, -0.1) is 0 Å². The van der Waals surface area contributed by atoms with Crippen molar-refractivity contribution in [1.82, 2.24) is 24.4 Å². The van der Waals surface area contributed by atoms with Gasteiger partial charge in [-0.2, -0.15) is 10.2 Å². The number of methoxy groups -OCH3 is 1. The topological polar surface area (TPSA) is 74.3 Å². The molecule has 0 unspecified atom stereocenters. The summed E-state index contributed by atoms with van der Waals surface area (Å²) in [5.41, 5.74) is 2.88. The molecule has 0 aromatic carbocycles. The summed E-state index contributed by atoms with van der Waals surface area (Å²) in [6.45, 7) is 1.87. The van der Waals surface area contributed by atoms with Crippen LogP contribution in [0.1, 0.15) is 16.2 Å². The number of hydrogen-bond acceptors (Lipinski definition) is 5. The van der Waals surface area contributed by atoms with Gasteiger partial charge in [-0.25, -0.2) is 14.3 Å². The van der Waals surface area contributed by atoms with Crippen molar-refractivity contribution in [3.63, 3.8) is 0 Å². The molecule has 0 saturated heterocycles. The van der Waals surface area contributed by atoms with Gasteiger partial charge < -0.3 is 4.74 Å². The number of aryl methyl sites for hydroxylation is 2. The molecule has 3 heterocycles. The van der Waals surface area contributed by atoms with Crippen LogP contribution in [0.4, 0.5) is 0 Å². The molecule has 0 aliphatic heterocycles. The third-order valence-corrected chi connectivity index (χ3v) is 3.38. The van der Waals surface area contributed by atoms with E-state index in [1.807, 2.05) is 20.2 Å². The lowest BCUT2D eigenvalue weighted by molar-refractivity contribution is 0.0590. The van der Waals surface area contributed by atoms with Gasteiger partial charge in [0.1, 0.15) is 5.02 Å². The molecule has 3 rings (SSSR count). The van der Waals surface area contributed by atoms with Crippen LogP contribution in [0.2, 0.25) is 5.02 Å². The average molecular weight is 306 g/mol. The highest BCUT2D eigenvalue weighted by atomic mass is 35.5. The summed E-state index contributed by atoms with van der Waals surface area (Å²) < 4.78 is 7.84. The van der Waals surface area contributed by atoms with Crippen molar-refractivity contribution in [3.8, 4) is 11.3 Å². The summed E-state index contributed by atoms with van der Waals surface area (Å²) >= 11 is 6.08. The van der Waals surface area contributed by atoms with Gasteiger partial charge in [0.05, 0.1) is 24.7 Å². The van der Waals surface area contributed by atoms with E-state index in [4.69, 9.17) is 16.3 Å². The molecule has 8 heteroatoms. The van der Waals surface area contributed by atoms with Gasteiger partial charge >= 0.3 is 5.97 Å². The molecule has 0 aliphatic carbocycles. The maximum absolute atomic E-state index is 11.9. The van der Waals surface area contributed by atoms with E-state index in [1.165, 1.54) is 17.8 Å². The first-order valence-corrected chi connectivity index (χ1v) is 6.52. The SMILES string of the molecule is COC(=O)c1cc(-c2cn(C)nc2C)nc2c(Cl)cnn12. The van der Waals surface area contributed by atoms with Gasteiger partial charge in [0.2, 0.25) is 0 Å². The first-order valence-electron chi connectivity index (χ1n) is 6.14. The Balaban J connectivity index is 2.31. The molecule has 0 saturated carbocycles. The van der Waals surface area contributed by atoms with Gasteiger partial charge in [-0.1, -0.05) is 11.6 Å². The zero-order valence-electron chi connectivity index (χ0n) is 11.7. The Morgan fingerprint density at radius 1 is 1.43 bits per heavy atom. The van der Waals surface area contributed by atoms with E-state index in [2.05, 4.69) is 15.2 Å². The van der Waals surface area contributed by atoms with Crippen molar-refractivity contribution in [3.05, 3.63) is 34.9 Å². The lowest BCUT2D eigenvalue weighted by Crippen LogP contribution is -2.10. The van der Waals surface area contributed by atoms with Crippen molar-refractivity contribution in [1.29, 1.82) is 0 Å². The molecule has 7 nitrogen and oxygen atoms in total. The van der Waals surface area contributed by atoms with Crippen LogP contribution in [0.25, 0.3) is 16.9 Å². The number of fused-ring (bicyclic) bond motifs is 1. The van der Waals surface area contributed by atoms with Gasteiger partial charge in [0.15, 0.2) is 11.3 Å². The number of carbonyl (C=O) groups excluding carboxylic acids is 1. The van der Waals surface area contributed by atoms with Crippen LogP contribution in [0.15, 0.2) is 18.5 Å². The van der Waals surface area contributed by atoms with E-state index in [1.54, 1.807) is 10.7 Å². The Hall–Kier alpha value is -2.41. The summed E-state index contributed by atoms with van der Waals surface area (Å²) in [5.74, 6) is -0.509. The Morgan fingerprint density at radius 3 is 2.81 bits per heavy atom. The predicted molar refractivity (Wildman–Crippen MR) is 76.3 cm³/mol. The number of carbonyl (C=O) groups is 1. The molecule has 0 aliphatic rings. The van der Waals surface area contributed by atoms with Gasteiger partial charge in [0, 0.05) is 18.8 Å². The van der Waals surface area contributed by atoms with Crippen LogP contribution in [0.5, 0.6) is 0 Å². The van der Waals surface area contributed by atoms with Crippen LogP contribution in [-0.4, -0.2) is 37.5 Å². The van der Waals surface area contributed by atoms with E-state index >= 15 is 0 Å². The molecule has 108 valence electrons. The zero-order valence-corrected chi connectivity index (χ0v) is 12.4. The first-order chi connectivity index (χ1) is 10.0. The number of rotatable bonds is 2. The summed E-state index contributed by atoms with van der Waals surface area (Å²) in [6.07, 6.45) is 3.27. The first kappa shape index (κ1) is 13.6. The van der Waals surface area contributed by atoms with Gasteiger partial charge in [0.25, 0.3) is 0 Å². The van der Waals surface area contributed by atoms with E-state index in [9.17, 15) is 4.79 Å². The second-order valence-electron chi connectivity index (χ2n) is 4.55. The van der Waals surface area contributed by atoms with E-state index in [0.29, 0.717) is 16.4 Å². The van der Waals surface area contributed by atoms with E-state index in [-0.39, 0.29) is 5.69 Å². The molecule has 0 fully saturated rings. The molecule has 0 bridgehead atoms. The second kappa shape index (κ2) is 4.85. The largest absolute Gasteiger partial charge is 0.464 e. The monoisotopic (exact) mass is 305 g/mol. The summed E-state index contributed by atoms with van der Waals surface area (Å²) in [6, 6.07) is 1.62. The Kier molecular flexibility index (Phi) is 3.13. The molecule has 0 spiro atoms. The molecule has 3 aromatic rings. The molecule has 0 N–H and O–H groups in total. The second-order valence-corrected chi connectivity index (χ2v) is 4.96. The van der Waals surface area contributed by atoms with E-state index < -0.39 is 5.97 Å². The standard InChI is InChI=1S/C13H12ClN5O2/c1-7-8(6-18(2)17-7)10-4-11(13(20)21-3)19-12(16-10)9(14)5-15-19/h4-6H,1-3H3. The number of aromatic nitrogens is 5. The Labute approximate surface area is 125 Å². The number of nitrogens with zero attached hydrogens (tertiary/aromatic N) is 5. The summed E-state index contributed by atoms with van der Waals surface area (Å²) in [5, 5.41) is 8.69. The third kappa shape index (κ3) is 2.15. The Morgan fingerprint density at radius 2 is 2.19 bits per heavy atom. The lowest BCUT2D eigenvalue weighted by atomic mass is 10.1. The molecule has 3 aromatic heterocycles. The van der Waals surface area contributed by atoms with Crippen LogP contribution in [0.3, 0.4) is 0 Å². The maximum atomic E-state index is 11.9. The highest BCUT2D eigenvalue weighted by Crippen LogP contribution is 2.25. The van der Waals surface area contributed by atoms with Gasteiger partial charge in [-0.05, 0) is 13.0 Å². The van der Waals surface area contributed by atoms with Crippen LogP contribution < -0.4 is 0 Å². The van der Waals surface area contributed by atoms with Gasteiger partial charge in [-0.3, -0.25) is 4.68 Å². The minimum Gasteiger partial charge on any atom is -0.464 e. The number of halogens is 1. The predicted octanol–water partition coefficient (Wildman–Crippen LogP) is 1.88. The zero-order chi connectivity index (χ0) is 15.1. The number of ether oxygens (including phenoxy) is 1. The van der Waals surface area contributed by atoms with Crippen LogP contribution in [-0.2, 0) is 11.8 Å². The smallest absolute Gasteiger partial charge is 0.356 e. The molecular formula is C13H12ClN5O2. The quantitative estimate of drug-likeness (QED) is 0.676. The molecular weight excluding hydrogens is 294 g/mol. The molecule has 21 heavy (non-hydrogen) atoms. The number of esters is 1. The van der Waals surface area contributed by atoms with Crippen molar-refractivity contribution in [2.24, 2.45) is 7.05 Å². The molecule has 0 atom stereocenters. The number of hydrogen-bond donors (Lipinski definition) is 0. The normalized spacial score (nSPS) is 11.0. The summed E-state index contributed by atoms with van der Waals surface area (Å²) in [4.78, 5) is 16.4. The van der Waals surface area contributed by atoms with Crippen LogP contribution >= 0.6 is 11.6 Å². The van der Waals surface area contributed by atoms with Crippen molar-refractivity contribution in [2.45, 2.75) is 6.92 Å². The fourth-order valence-corrected chi connectivity index (χ4v) is 2.34. The van der Waals surface area contributed by atoms with Crippen molar-refractivity contribution >= 4 is 23.2 Å². The maximum Gasteiger partial charge on any atom is 0.356 e. The highest BCUT2D eigenvalue weighted by Gasteiger charge is 2.18. The third-order valence-electron chi connectivity index (χ3n) is 3.11. The fraction of sp³-hybridized carbons (Fsp3) is 0.231. The molecule has 0 amide bonds. The highest BCUT2D eigenvalue weighted by molar-refractivity contribution is 6.33. The van der Waals surface area contributed by atoms with Crippen LogP contribution in [0, 0.1) is 6.92 Å². The molecule has 0 radical (unpaired) electrons. The Bertz CT molecular complexity index is 852. The van der Waals surface area contributed by atoms with Crippen molar-refractivity contribution < 1.29 is 9.53 Å².